The molecule has 2 N–H and O–H groups in total. The monoisotopic (exact) mass is 499 g/mol. The molecule has 0 aliphatic carbocycles. The first-order chi connectivity index (χ1) is 16.5. The molecule has 3 rings (SSSR count). The molecule has 0 saturated heterocycles. The van der Waals surface area contributed by atoms with E-state index < -0.39 is 5.60 Å². The van der Waals surface area contributed by atoms with Crippen molar-refractivity contribution in [2.75, 3.05) is 13.1 Å². The van der Waals surface area contributed by atoms with Crippen molar-refractivity contribution in [3.63, 3.8) is 0 Å². The largest absolute Gasteiger partial charge is 0.489 e. The first kappa shape index (κ1) is 26.6. The summed E-state index contributed by atoms with van der Waals surface area (Å²) in [5, 5.41) is 0.433. The second kappa shape index (κ2) is 11.1. The van der Waals surface area contributed by atoms with Gasteiger partial charge in [0.05, 0.1) is 16.8 Å². The maximum Gasteiger partial charge on any atom is 0.410 e. The molecule has 188 valence electrons. The number of hydrogen-bond donors (Lipinski definition) is 1. The van der Waals surface area contributed by atoms with Gasteiger partial charge in [0.15, 0.2) is 0 Å². The first-order valence-corrected chi connectivity index (χ1v) is 12.1. The highest BCUT2D eigenvalue weighted by Crippen LogP contribution is 2.29. The van der Waals surface area contributed by atoms with Crippen molar-refractivity contribution in [2.45, 2.75) is 59.2 Å². The molecule has 0 aromatic heterocycles. The van der Waals surface area contributed by atoms with Gasteiger partial charge in [0.2, 0.25) is 5.90 Å². The van der Waals surface area contributed by atoms with Crippen molar-refractivity contribution >= 4 is 29.3 Å². The molecule has 1 aliphatic rings. The Bertz CT molecular complexity index is 1120. The van der Waals surface area contributed by atoms with Crippen molar-refractivity contribution in [2.24, 2.45) is 10.9 Å². The molecular formula is C27H34ClN3O4. The predicted molar refractivity (Wildman–Crippen MR) is 140 cm³/mol. The average molecular weight is 500 g/mol. The Morgan fingerprint density at radius 3 is 2.51 bits per heavy atom. The van der Waals surface area contributed by atoms with Crippen LogP contribution in [0.3, 0.4) is 0 Å². The normalized spacial score (nSPS) is 14.3. The number of hydrogen-bond acceptors (Lipinski definition) is 6. The Kier molecular flexibility index (Phi) is 8.46. The van der Waals surface area contributed by atoms with Gasteiger partial charge in [-0.05, 0) is 76.8 Å². The number of aliphatic imine (C=N–C) groups is 1. The van der Waals surface area contributed by atoms with Crippen LogP contribution in [0.4, 0.5) is 4.79 Å². The molecule has 0 fully saturated rings. The van der Waals surface area contributed by atoms with E-state index in [9.17, 15) is 4.79 Å². The van der Waals surface area contributed by atoms with Crippen LogP contribution >= 0.6 is 11.6 Å². The molecule has 8 heteroatoms. The third kappa shape index (κ3) is 6.99. The average Bonchev–Trinajstić information content (AvgIpc) is 3.00. The maximum atomic E-state index is 12.6. The number of ether oxygens (including phenoxy) is 2. The quantitative estimate of drug-likeness (QED) is 0.320. The molecule has 0 saturated carbocycles. The van der Waals surface area contributed by atoms with Crippen LogP contribution in [0.2, 0.25) is 5.02 Å². The summed E-state index contributed by atoms with van der Waals surface area (Å²) < 4.78 is 11.3. The topological polar surface area (TPSA) is 86.4 Å². The van der Waals surface area contributed by atoms with Gasteiger partial charge in [0.1, 0.15) is 11.4 Å². The fourth-order valence-electron chi connectivity index (χ4n) is 3.88. The van der Waals surface area contributed by atoms with E-state index in [1.165, 1.54) is 0 Å². The smallest absolute Gasteiger partial charge is 0.410 e. The van der Waals surface area contributed by atoms with Crippen LogP contribution in [-0.4, -0.2) is 41.7 Å². The highest BCUT2D eigenvalue weighted by Gasteiger charge is 2.25. The second-order valence-electron chi connectivity index (χ2n) is 9.70. The van der Waals surface area contributed by atoms with Gasteiger partial charge in [0.25, 0.3) is 0 Å². The summed E-state index contributed by atoms with van der Waals surface area (Å²) in [6.07, 6.45) is 1.07. The Labute approximate surface area is 212 Å². The van der Waals surface area contributed by atoms with Crippen LogP contribution in [-0.2, 0) is 22.4 Å². The van der Waals surface area contributed by atoms with Crippen LogP contribution in [0.25, 0.3) is 5.70 Å². The molecule has 0 spiro atoms. The maximum absolute atomic E-state index is 12.6. The standard InChI is InChI=1S/C27H34ClN3O4/c1-17(2)33-24-11-10-20(16-23(24)28)25(35-29)30-18(3)21-9-7-8-19-12-14-31(15-13-22(19)21)26(32)34-27(4,5)6/h7-11,16-17H,3,12-15,29H2,1-2,4-6H3/b30-25-. The minimum Gasteiger partial charge on any atom is -0.489 e. The van der Waals surface area contributed by atoms with Gasteiger partial charge in [-0.3, -0.25) is 0 Å². The Morgan fingerprint density at radius 1 is 1.17 bits per heavy atom. The zero-order chi connectivity index (χ0) is 25.8. The fourth-order valence-corrected chi connectivity index (χ4v) is 4.11. The van der Waals surface area contributed by atoms with Crippen molar-refractivity contribution in [3.05, 3.63) is 70.3 Å². The molecule has 0 unspecified atom stereocenters. The number of carbonyl (C=O) groups excluding carboxylic acids is 1. The lowest BCUT2D eigenvalue weighted by atomic mass is 9.96. The van der Waals surface area contributed by atoms with Crippen LogP contribution < -0.4 is 10.6 Å². The number of benzene rings is 2. The Balaban J connectivity index is 1.84. The number of fused-ring (bicyclic) bond motifs is 1. The molecule has 1 aliphatic heterocycles. The molecule has 0 bridgehead atoms. The van der Waals surface area contributed by atoms with Crippen molar-refractivity contribution in [1.82, 2.24) is 4.90 Å². The van der Waals surface area contributed by atoms with E-state index in [2.05, 4.69) is 17.6 Å². The lowest BCUT2D eigenvalue weighted by Gasteiger charge is -2.26. The summed E-state index contributed by atoms with van der Waals surface area (Å²) in [6, 6.07) is 11.2. The van der Waals surface area contributed by atoms with Crippen LogP contribution in [0.15, 0.2) is 48.0 Å². The van der Waals surface area contributed by atoms with Crippen LogP contribution in [0.1, 0.15) is 56.9 Å². The van der Waals surface area contributed by atoms with Crippen molar-refractivity contribution in [1.29, 1.82) is 0 Å². The van der Waals surface area contributed by atoms with Crippen molar-refractivity contribution in [3.8, 4) is 5.75 Å². The zero-order valence-corrected chi connectivity index (χ0v) is 21.8. The molecule has 0 atom stereocenters. The summed E-state index contributed by atoms with van der Waals surface area (Å²) in [6.45, 7) is 14.8. The van der Waals surface area contributed by atoms with Gasteiger partial charge >= 0.3 is 6.09 Å². The van der Waals surface area contributed by atoms with E-state index >= 15 is 0 Å². The molecule has 7 nitrogen and oxygen atoms in total. The zero-order valence-electron chi connectivity index (χ0n) is 21.1. The third-order valence-corrected chi connectivity index (χ3v) is 5.70. The van der Waals surface area contributed by atoms with E-state index in [4.69, 9.17) is 31.8 Å². The molecule has 2 aromatic rings. The fraction of sp³-hybridized carbons (Fsp3) is 0.407. The molecule has 0 radical (unpaired) electrons. The summed E-state index contributed by atoms with van der Waals surface area (Å²) in [5.74, 6) is 6.32. The highest BCUT2D eigenvalue weighted by molar-refractivity contribution is 6.32. The van der Waals surface area contributed by atoms with E-state index in [-0.39, 0.29) is 18.1 Å². The lowest BCUT2D eigenvalue weighted by molar-refractivity contribution is 0.0258. The highest BCUT2D eigenvalue weighted by atomic mass is 35.5. The summed E-state index contributed by atoms with van der Waals surface area (Å²) in [7, 11) is 0. The molecule has 1 amide bonds. The minimum absolute atomic E-state index is 0.00314. The summed E-state index contributed by atoms with van der Waals surface area (Å²) >= 11 is 6.38. The second-order valence-corrected chi connectivity index (χ2v) is 10.1. The molecule has 1 heterocycles. The number of amides is 1. The van der Waals surface area contributed by atoms with Gasteiger partial charge < -0.3 is 19.2 Å². The summed E-state index contributed by atoms with van der Waals surface area (Å²) in [5.41, 5.74) is 3.71. The SMILES string of the molecule is C=C(/N=C(\ON)c1ccc(OC(C)C)c(Cl)c1)c1cccc2c1CCN(C(=O)OC(C)(C)C)CC2. The minimum atomic E-state index is -0.537. The van der Waals surface area contributed by atoms with E-state index in [0.717, 1.165) is 16.7 Å². The van der Waals surface area contributed by atoms with Crippen molar-refractivity contribution < 1.29 is 19.1 Å². The van der Waals surface area contributed by atoms with E-state index in [1.807, 2.05) is 46.8 Å². The van der Waals surface area contributed by atoms with E-state index in [1.54, 1.807) is 23.1 Å². The van der Waals surface area contributed by atoms with Gasteiger partial charge in [-0.2, -0.15) is 5.90 Å². The molecular weight excluding hydrogens is 466 g/mol. The first-order valence-electron chi connectivity index (χ1n) is 11.7. The molecule has 2 aromatic carbocycles. The Morgan fingerprint density at radius 2 is 1.89 bits per heavy atom. The van der Waals surface area contributed by atoms with Crippen LogP contribution in [0, 0.1) is 0 Å². The number of nitrogens with zero attached hydrogens (tertiary/aromatic N) is 2. The van der Waals surface area contributed by atoms with Crippen LogP contribution in [0.5, 0.6) is 5.75 Å². The lowest BCUT2D eigenvalue weighted by Crippen LogP contribution is -2.38. The van der Waals surface area contributed by atoms with E-state index in [0.29, 0.717) is 48.0 Å². The Hall–Kier alpha value is -3.03. The van der Waals surface area contributed by atoms with Gasteiger partial charge in [-0.15, -0.1) is 0 Å². The predicted octanol–water partition coefficient (Wildman–Crippen LogP) is 5.77. The van der Waals surface area contributed by atoms with Gasteiger partial charge in [-0.1, -0.05) is 36.4 Å². The number of carbonyl (C=O) groups is 1. The van der Waals surface area contributed by atoms with Gasteiger partial charge in [0, 0.05) is 24.2 Å². The number of rotatable bonds is 5. The molecule has 35 heavy (non-hydrogen) atoms. The van der Waals surface area contributed by atoms with Gasteiger partial charge in [-0.25, -0.2) is 9.79 Å². The third-order valence-electron chi connectivity index (χ3n) is 5.41. The number of nitrogens with two attached hydrogens (primary N) is 1. The summed E-state index contributed by atoms with van der Waals surface area (Å²) in [4.78, 5) is 24.0. The number of halogens is 1.